The summed E-state index contributed by atoms with van der Waals surface area (Å²) >= 11 is 0. The van der Waals surface area contributed by atoms with Crippen LogP contribution in [-0.2, 0) is 10.0 Å². The summed E-state index contributed by atoms with van der Waals surface area (Å²) in [4.78, 5) is 12.0. The molecule has 2 rings (SSSR count). The second-order valence-electron chi connectivity index (χ2n) is 4.60. The lowest BCUT2D eigenvalue weighted by atomic mass is 10.0. The number of anilines is 1. The zero-order valence-corrected chi connectivity index (χ0v) is 12.2. The van der Waals surface area contributed by atoms with Gasteiger partial charge >= 0.3 is 0 Å². The fraction of sp³-hybridized carbons (Fsp3) is 0.308. The van der Waals surface area contributed by atoms with Gasteiger partial charge in [-0.3, -0.25) is 4.79 Å². The molecule has 0 aliphatic rings. The Kier molecular flexibility index (Phi) is 3.71. The molecule has 0 amide bonds. The predicted molar refractivity (Wildman–Crippen MR) is 79.1 cm³/mol. The van der Waals surface area contributed by atoms with Crippen LogP contribution in [0.4, 0.5) is 5.82 Å². The van der Waals surface area contributed by atoms with E-state index in [9.17, 15) is 13.2 Å². The third kappa shape index (κ3) is 2.36. The molecule has 0 saturated heterocycles. The van der Waals surface area contributed by atoms with E-state index in [1.165, 1.54) is 0 Å². The van der Waals surface area contributed by atoms with Gasteiger partial charge in [-0.1, -0.05) is 31.2 Å². The van der Waals surface area contributed by atoms with Gasteiger partial charge in [0.25, 0.3) is 15.6 Å². The Labute approximate surface area is 117 Å². The molecule has 0 aliphatic heterocycles. The molecule has 0 bridgehead atoms. The van der Waals surface area contributed by atoms with E-state index in [1.54, 1.807) is 19.1 Å². The fourth-order valence-electron chi connectivity index (χ4n) is 2.11. The summed E-state index contributed by atoms with van der Waals surface area (Å²) in [6.07, 6.45) is 0.446. The third-order valence-corrected chi connectivity index (χ3v) is 4.83. The quantitative estimate of drug-likeness (QED) is 0.888. The van der Waals surface area contributed by atoms with Crippen molar-refractivity contribution < 1.29 is 8.42 Å². The average molecular weight is 295 g/mol. The summed E-state index contributed by atoms with van der Waals surface area (Å²) in [5.74, 6) is -0.146. The van der Waals surface area contributed by atoms with Gasteiger partial charge < -0.3 is 5.73 Å². The molecule has 2 aromatic rings. The number of aromatic amines is 1. The highest BCUT2D eigenvalue weighted by Crippen LogP contribution is 2.25. The van der Waals surface area contributed by atoms with E-state index in [2.05, 4.69) is 5.10 Å². The van der Waals surface area contributed by atoms with Gasteiger partial charge in [0.1, 0.15) is 5.82 Å². The van der Waals surface area contributed by atoms with Gasteiger partial charge in [0.2, 0.25) is 0 Å². The lowest BCUT2D eigenvalue weighted by Gasteiger charge is -2.07. The van der Waals surface area contributed by atoms with E-state index in [0.717, 1.165) is 9.65 Å². The number of benzene rings is 1. The van der Waals surface area contributed by atoms with Crippen molar-refractivity contribution in [3.8, 4) is 11.1 Å². The smallest absolute Gasteiger partial charge is 0.275 e. The molecule has 0 aliphatic carbocycles. The number of rotatable bonds is 4. The maximum absolute atomic E-state index is 12.0. The Morgan fingerprint density at radius 3 is 2.55 bits per heavy atom. The fourth-order valence-corrected chi connectivity index (χ4v) is 3.42. The second-order valence-corrected chi connectivity index (χ2v) is 6.53. The Balaban J connectivity index is 2.68. The standard InChI is InChI=1S/C13H17N3O3S/c1-3-8-20(18,19)16-12(14)11(13(17)15-16)10-7-5-4-6-9(10)2/h4-7H,3,8,14H2,1-2H3,(H,15,17). The van der Waals surface area contributed by atoms with E-state index in [4.69, 9.17) is 5.73 Å². The largest absolute Gasteiger partial charge is 0.382 e. The highest BCUT2D eigenvalue weighted by atomic mass is 32.2. The first kappa shape index (κ1) is 14.4. The lowest BCUT2D eigenvalue weighted by molar-refractivity contribution is 0.579. The van der Waals surface area contributed by atoms with Gasteiger partial charge in [0.05, 0.1) is 11.3 Å². The summed E-state index contributed by atoms with van der Waals surface area (Å²) in [5.41, 5.74) is 7.06. The molecule has 1 aromatic carbocycles. The maximum atomic E-state index is 12.0. The first-order valence-electron chi connectivity index (χ1n) is 6.28. The number of hydrogen-bond donors (Lipinski definition) is 2. The van der Waals surface area contributed by atoms with Crippen LogP contribution >= 0.6 is 0 Å². The molecular weight excluding hydrogens is 278 g/mol. The van der Waals surface area contributed by atoms with Crippen LogP contribution < -0.4 is 11.3 Å². The lowest BCUT2D eigenvalue weighted by Crippen LogP contribution is -2.20. The Morgan fingerprint density at radius 1 is 1.30 bits per heavy atom. The average Bonchev–Trinajstić information content (AvgIpc) is 2.67. The highest BCUT2D eigenvalue weighted by Gasteiger charge is 2.22. The zero-order valence-electron chi connectivity index (χ0n) is 11.4. The number of hydrogen-bond acceptors (Lipinski definition) is 4. The molecule has 0 atom stereocenters. The predicted octanol–water partition coefficient (Wildman–Crippen LogP) is 1.32. The minimum atomic E-state index is -3.63. The highest BCUT2D eigenvalue weighted by molar-refractivity contribution is 7.89. The number of nitrogen functional groups attached to an aromatic ring is 1. The molecule has 3 N–H and O–H groups in total. The Hall–Kier alpha value is -2.02. The minimum absolute atomic E-state index is 0.0715. The SMILES string of the molecule is CCCS(=O)(=O)n1[nH]c(=O)c(-c2ccccc2C)c1N. The van der Waals surface area contributed by atoms with E-state index in [0.29, 0.717) is 12.0 Å². The monoisotopic (exact) mass is 295 g/mol. The van der Waals surface area contributed by atoms with Gasteiger partial charge in [-0.05, 0) is 24.5 Å². The van der Waals surface area contributed by atoms with Gasteiger partial charge in [0, 0.05) is 0 Å². The van der Waals surface area contributed by atoms with Gasteiger partial charge in [-0.15, -0.1) is 0 Å². The molecule has 0 spiro atoms. The third-order valence-electron chi connectivity index (χ3n) is 3.06. The first-order chi connectivity index (χ1) is 9.38. The van der Waals surface area contributed by atoms with Crippen molar-refractivity contribution in [2.45, 2.75) is 20.3 Å². The van der Waals surface area contributed by atoms with Crippen molar-refractivity contribution in [3.63, 3.8) is 0 Å². The number of H-pyrrole nitrogens is 1. The summed E-state index contributed by atoms with van der Waals surface area (Å²) in [6, 6.07) is 7.20. The molecule has 7 heteroatoms. The second kappa shape index (κ2) is 5.16. The summed E-state index contributed by atoms with van der Waals surface area (Å²) < 4.78 is 24.9. The summed E-state index contributed by atoms with van der Waals surface area (Å²) in [6.45, 7) is 3.59. The molecule has 6 nitrogen and oxygen atoms in total. The van der Waals surface area contributed by atoms with Crippen molar-refractivity contribution in [1.82, 2.24) is 9.19 Å². The van der Waals surface area contributed by atoms with Crippen LogP contribution in [0.15, 0.2) is 29.1 Å². The maximum Gasteiger partial charge on any atom is 0.275 e. The molecule has 0 radical (unpaired) electrons. The number of nitrogens with one attached hydrogen (secondary N) is 1. The van der Waals surface area contributed by atoms with E-state index >= 15 is 0 Å². The molecule has 20 heavy (non-hydrogen) atoms. The summed E-state index contributed by atoms with van der Waals surface area (Å²) in [5, 5.41) is 2.31. The molecule has 0 fully saturated rings. The van der Waals surface area contributed by atoms with Crippen LogP contribution in [-0.4, -0.2) is 23.4 Å². The minimum Gasteiger partial charge on any atom is -0.382 e. The number of aromatic nitrogens is 2. The Bertz CT molecular complexity index is 787. The summed E-state index contributed by atoms with van der Waals surface area (Å²) in [7, 11) is -3.63. The van der Waals surface area contributed by atoms with Crippen molar-refractivity contribution in [2.75, 3.05) is 11.5 Å². The van der Waals surface area contributed by atoms with Crippen LogP contribution in [0.25, 0.3) is 11.1 Å². The van der Waals surface area contributed by atoms with E-state index < -0.39 is 15.6 Å². The number of aryl methyl sites for hydroxylation is 1. The molecule has 1 aromatic heterocycles. The van der Waals surface area contributed by atoms with Crippen molar-refractivity contribution in [3.05, 3.63) is 40.2 Å². The molecule has 1 heterocycles. The van der Waals surface area contributed by atoms with E-state index in [-0.39, 0.29) is 17.1 Å². The Morgan fingerprint density at radius 2 is 1.95 bits per heavy atom. The molecule has 0 saturated carbocycles. The van der Waals surface area contributed by atoms with Crippen molar-refractivity contribution in [1.29, 1.82) is 0 Å². The van der Waals surface area contributed by atoms with Gasteiger partial charge in [-0.25, -0.2) is 13.5 Å². The van der Waals surface area contributed by atoms with Crippen molar-refractivity contribution in [2.24, 2.45) is 0 Å². The van der Waals surface area contributed by atoms with Crippen LogP contribution in [0, 0.1) is 6.92 Å². The zero-order chi connectivity index (χ0) is 14.9. The van der Waals surface area contributed by atoms with Crippen LogP contribution in [0.2, 0.25) is 0 Å². The van der Waals surface area contributed by atoms with Gasteiger partial charge in [-0.2, -0.15) is 4.09 Å². The topological polar surface area (TPSA) is 98.0 Å². The van der Waals surface area contributed by atoms with Gasteiger partial charge in [0.15, 0.2) is 0 Å². The molecular formula is C13H17N3O3S. The number of nitrogens with two attached hydrogens (primary N) is 1. The molecule has 108 valence electrons. The first-order valence-corrected chi connectivity index (χ1v) is 7.89. The van der Waals surface area contributed by atoms with Crippen LogP contribution in [0.5, 0.6) is 0 Å². The van der Waals surface area contributed by atoms with Crippen LogP contribution in [0.1, 0.15) is 18.9 Å². The van der Waals surface area contributed by atoms with Crippen molar-refractivity contribution >= 4 is 15.8 Å². The van der Waals surface area contributed by atoms with Crippen LogP contribution in [0.3, 0.4) is 0 Å². The number of nitrogens with zero attached hydrogens (tertiary/aromatic N) is 1. The molecule has 0 unspecified atom stereocenters. The normalized spacial score (nSPS) is 11.7. The van der Waals surface area contributed by atoms with E-state index in [1.807, 2.05) is 19.1 Å².